The summed E-state index contributed by atoms with van der Waals surface area (Å²) in [6, 6.07) is -0.0310. The van der Waals surface area contributed by atoms with Crippen molar-refractivity contribution in [1.82, 2.24) is 15.8 Å². The summed E-state index contributed by atoms with van der Waals surface area (Å²) in [6.45, 7) is 3.59. The van der Waals surface area contributed by atoms with Crippen LogP contribution in [0.25, 0.3) is 0 Å². The molecule has 3 aliphatic rings. The molecule has 0 aromatic rings. The summed E-state index contributed by atoms with van der Waals surface area (Å²) in [5.41, 5.74) is 5.91. The van der Waals surface area contributed by atoms with Crippen LogP contribution in [0.4, 0.5) is 4.79 Å². The van der Waals surface area contributed by atoms with Gasteiger partial charge in [-0.1, -0.05) is 32.1 Å². The third-order valence-electron chi connectivity index (χ3n) is 5.22. The van der Waals surface area contributed by atoms with Gasteiger partial charge in [-0.25, -0.2) is 10.2 Å². The van der Waals surface area contributed by atoms with Gasteiger partial charge in [-0.2, -0.15) is 0 Å². The van der Waals surface area contributed by atoms with Gasteiger partial charge in [-0.15, -0.1) is 0 Å². The summed E-state index contributed by atoms with van der Waals surface area (Å²) in [5.74, 6) is 0.426. The van der Waals surface area contributed by atoms with Crippen molar-refractivity contribution >= 4 is 6.03 Å². The molecule has 6 nitrogen and oxygen atoms in total. The SMILES string of the molecule is O=C(NNCCC1CCCCC1)N1CCC2(CC1)OCCO2. The summed E-state index contributed by atoms with van der Waals surface area (Å²) < 4.78 is 11.4. The zero-order chi connectivity index (χ0) is 15.3. The summed E-state index contributed by atoms with van der Waals surface area (Å²) in [4.78, 5) is 14.0. The number of ether oxygens (including phenoxy) is 2. The molecular weight excluding hydrogens is 282 g/mol. The lowest BCUT2D eigenvalue weighted by Gasteiger charge is -2.37. The summed E-state index contributed by atoms with van der Waals surface area (Å²) in [7, 11) is 0. The third kappa shape index (κ3) is 4.12. The van der Waals surface area contributed by atoms with Crippen LogP contribution in [0.15, 0.2) is 0 Å². The fourth-order valence-corrected chi connectivity index (χ4v) is 3.81. The highest BCUT2D eigenvalue weighted by Gasteiger charge is 2.40. The highest BCUT2D eigenvalue weighted by Crippen LogP contribution is 2.31. The summed E-state index contributed by atoms with van der Waals surface area (Å²) in [5, 5.41) is 0. The van der Waals surface area contributed by atoms with E-state index in [1.165, 1.54) is 32.1 Å². The van der Waals surface area contributed by atoms with Gasteiger partial charge >= 0.3 is 6.03 Å². The lowest BCUT2D eigenvalue weighted by Crippen LogP contribution is -2.53. The van der Waals surface area contributed by atoms with Crippen molar-refractivity contribution in [2.24, 2.45) is 5.92 Å². The lowest BCUT2D eigenvalue weighted by atomic mass is 9.87. The van der Waals surface area contributed by atoms with Gasteiger partial charge in [0, 0.05) is 32.5 Å². The Morgan fingerprint density at radius 2 is 1.77 bits per heavy atom. The Balaban J connectivity index is 1.29. The number of hydrazine groups is 1. The van der Waals surface area contributed by atoms with Crippen LogP contribution in [0, 0.1) is 5.92 Å². The molecule has 2 aliphatic heterocycles. The van der Waals surface area contributed by atoms with Crippen LogP contribution in [0.1, 0.15) is 51.4 Å². The van der Waals surface area contributed by atoms with E-state index in [0.29, 0.717) is 26.3 Å². The van der Waals surface area contributed by atoms with Crippen LogP contribution in [-0.4, -0.2) is 49.6 Å². The van der Waals surface area contributed by atoms with Crippen molar-refractivity contribution < 1.29 is 14.3 Å². The van der Waals surface area contributed by atoms with E-state index in [-0.39, 0.29) is 6.03 Å². The molecule has 0 radical (unpaired) electrons. The number of carbonyl (C=O) groups is 1. The first-order valence-electron chi connectivity index (χ1n) is 8.83. The number of likely N-dealkylation sites (tertiary alicyclic amines) is 1. The monoisotopic (exact) mass is 311 g/mol. The molecule has 2 saturated heterocycles. The first-order chi connectivity index (χ1) is 10.8. The third-order valence-corrected chi connectivity index (χ3v) is 5.22. The fraction of sp³-hybridized carbons (Fsp3) is 0.938. The quantitative estimate of drug-likeness (QED) is 0.616. The Morgan fingerprint density at radius 1 is 1.09 bits per heavy atom. The Morgan fingerprint density at radius 3 is 2.45 bits per heavy atom. The molecule has 3 rings (SSSR count). The zero-order valence-electron chi connectivity index (χ0n) is 13.4. The van der Waals surface area contributed by atoms with Gasteiger partial charge in [0.05, 0.1) is 13.2 Å². The van der Waals surface area contributed by atoms with Gasteiger partial charge in [0.25, 0.3) is 0 Å². The van der Waals surface area contributed by atoms with Crippen molar-refractivity contribution in [3.05, 3.63) is 0 Å². The largest absolute Gasteiger partial charge is 0.347 e. The fourth-order valence-electron chi connectivity index (χ4n) is 3.81. The van der Waals surface area contributed by atoms with E-state index in [9.17, 15) is 4.79 Å². The maximum absolute atomic E-state index is 12.1. The minimum atomic E-state index is -0.412. The molecule has 126 valence electrons. The molecule has 0 unspecified atom stereocenters. The molecule has 22 heavy (non-hydrogen) atoms. The van der Waals surface area contributed by atoms with Crippen LogP contribution in [0.2, 0.25) is 0 Å². The molecule has 3 fully saturated rings. The van der Waals surface area contributed by atoms with E-state index >= 15 is 0 Å². The number of amides is 2. The molecule has 1 spiro atoms. The molecule has 0 bridgehead atoms. The average molecular weight is 311 g/mol. The molecule has 1 saturated carbocycles. The van der Waals surface area contributed by atoms with E-state index in [0.717, 1.165) is 31.7 Å². The van der Waals surface area contributed by atoms with Crippen molar-refractivity contribution in [2.45, 2.75) is 57.2 Å². The Hall–Kier alpha value is -0.850. The summed E-state index contributed by atoms with van der Waals surface area (Å²) >= 11 is 0. The van der Waals surface area contributed by atoms with E-state index < -0.39 is 5.79 Å². The number of rotatable bonds is 4. The number of piperidine rings is 1. The highest BCUT2D eigenvalue weighted by molar-refractivity contribution is 5.73. The number of hydrogen-bond donors (Lipinski definition) is 2. The maximum atomic E-state index is 12.1. The van der Waals surface area contributed by atoms with Crippen molar-refractivity contribution in [1.29, 1.82) is 0 Å². The van der Waals surface area contributed by atoms with E-state index in [1.54, 1.807) is 0 Å². The minimum absolute atomic E-state index is 0.0310. The number of carbonyl (C=O) groups excluding carboxylic acids is 1. The zero-order valence-corrected chi connectivity index (χ0v) is 13.4. The van der Waals surface area contributed by atoms with Crippen molar-refractivity contribution in [2.75, 3.05) is 32.8 Å². The number of urea groups is 1. The van der Waals surface area contributed by atoms with Crippen molar-refractivity contribution in [3.8, 4) is 0 Å². The second-order valence-corrected chi connectivity index (χ2v) is 6.74. The van der Waals surface area contributed by atoms with Crippen molar-refractivity contribution in [3.63, 3.8) is 0 Å². The van der Waals surface area contributed by atoms with Gasteiger partial charge in [-0.05, 0) is 12.3 Å². The molecule has 2 amide bonds. The van der Waals surface area contributed by atoms with E-state index in [1.807, 2.05) is 4.90 Å². The maximum Gasteiger partial charge on any atom is 0.331 e. The molecular formula is C16H29N3O3. The standard InChI is InChI=1S/C16H29N3O3/c20-15(18-17-9-6-14-4-2-1-3-5-14)19-10-7-16(8-11-19)21-12-13-22-16/h14,17H,1-13H2,(H,18,20). The number of nitrogens with zero attached hydrogens (tertiary/aromatic N) is 1. The number of hydrogen-bond acceptors (Lipinski definition) is 4. The molecule has 1 aliphatic carbocycles. The predicted octanol–water partition coefficient (Wildman–Crippen LogP) is 2.01. The second kappa shape index (κ2) is 7.62. The Kier molecular flexibility index (Phi) is 5.55. The van der Waals surface area contributed by atoms with Gasteiger partial charge in [0.15, 0.2) is 5.79 Å². The minimum Gasteiger partial charge on any atom is -0.347 e. The van der Waals surface area contributed by atoms with Crippen LogP contribution >= 0.6 is 0 Å². The lowest BCUT2D eigenvalue weighted by molar-refractivity contribution is -0.181. The van der Waals surface area contributed by atoms with Crippen LogP contribution < -0.4 is 10.9 Å². The Labute approximate surface area is 132 Å². The molecule has 0 aromatic carbocycles. The molecule has 2 N–H and O–H groups in total. The van der Waals surface area contributed by atoms with E-state index in [4.69, 9.17) is 9.47 Å². The predicted molar refractivity (Wildman–Crippen MR) is 83.2 cm³/mol. The van der Waals surface area contributed by atoms with Gasteiger partial charge in [-0.3, -0.25) is 5.43 Å². The first-order valence-corrected chi connectivity index (χ1v) is 8.83. The van der Waals surface area contributed by atoms with Gasteiger partial charge < -0.3 is 14.4 Å². The normalized spacial score (nSPS) is 25.5. The van der Waals surface area contributed by atoms with E-state index in [2.05, 4.69) is 10.9 Å². The van der Waals surface area contributed by atoms with Gasteiger partial charge in [0.1, 0.15) is 0 Å². The Bertz CT molecular complexity index is 356. The topological polar surface area (TPSA) is 62.8 Å². The van der Waals surface area contributed by atoms with Crippen LogP contribution in [-0.2, 0) is 9.47 Å². The summed E-state index contributed by atoms with van der Waals surface area (Å²) in [6.07, 6.45) is 9.53. The van der Waals surface area contributed by atoms with Gasteiger partial charge in [0.2, 0.25) is 0 Å². The molecule has 2 heterocycles. The molecule has 0 aromatic heterocycles. The molecule has 6 heteroatoms. The average Bonchev–Trinajstić information content (AvgIpc) is 3.01. The van der Waals surface area contributed by atoms with Crippen LogP contribution in [0.5, 0.6) is 0 Å². The second-order valence-electron chi connectivity index (χ2n) is 6.74. The smallest absolute Gasteiger partial charge is 0.331 e. The first kappa shape index (κ1) is 16.0. The van der Waals surface area contributed by atoms with Crippen LogP contribution in [0.3, 0.4) is 0 Å². The number of nitrogens with one attached hydrogen (secondary N) is 2. The highest BCUT2D eigenvalue weighted by atomic mass is 16.7. The molecule has 0 atom stereocenters.